The summed E-state index contributed by atoms with van der Waals surface area (Å²) in [6.45, 7) is 6.05. The number of carbonyl (C=O) groups is 1. The Bertz CT molecular complexity index is 1040. The number of hydrogen-bond acceptors (Lipinski definition) is 3. The highest BCUT2D eigenvalue weighted by atomic mass is 16.2. The summed E-state index contributed by atoms with van der Waals surface area (Å²) >= 11 is 0. The molecule has 2 aromatic carbocycles. The van der Waals surface area contributed by atoms with Crippen LogP contribution in [0.15, 0.2) is 59.8 Å². The molecule has 0 saturated heterocycles. The van der Waals surface area contributed by atoms with Crippen LogP contribution in [-0.2, 0) is 4.79 Å². The van der Waals surface area contributed by atoms with Gasteiger partial charge in [-0.15, -0.1) is 0 Å². The van der Waals surface area contributed by atoms with Crippen molar-refractivity contribution in [2.45, 2.75) is 39.7 Å². The average molecular weight is 357 g/mol. The van der Waals surface area contributed by atoms with Crippen LogP contribution in [0.5, 0.6) is 0 Å². The smallest absolute Gasteiger partial charge is 0.242 e. The number of fused-ring (bicyclic) bond motifs is 1. The van der Waals surface area contributed by atoms with Crippen LogP contribution < -0.4 is 0 Å². The van der Waals surface area contributed by atoms with E-state index in [-0.39, 0.29) is 11.9 Å². The molecule has 0 aliphatic carbocycles. The summed E-state index contributed by atoms with van der Waals surface area (Å²) in [5.74, 6) is 0.0435. The molecule has 1 aliphatic heterocycles. The lowest BCUT2D eigenvalue weighted by molar-refractivity contribution is -0.132. The van der Waals surface area contributed by atoms with Crippen LogP contribution in [0.25, 0.3) is 10.9 Å². The fourth-order valence-corrected chi connectivity index (χ4v) is 3.68. The number of benzene rings is 2. The van der Waals surface area contributed by atoms with Crippen molar-refractivity contribution in [3.8, 4) is 0 Å². The van der Waals surface area contributed by atoms with Crippen LogP contribution in [0.3, 0.4) is 0 Å². The second-order valence-electron chi connectivity index (χ2n) is 7.08. The van der Waals surface area contributed by atoms with Crippen molar-refractivity contribution >= 4 is 22.5 Å². The summed E-state index contributed by atoms with van der Waals surface area (Å²) in [5.41, 5.74) is 6.42. The highest BCUT2D eigenvalue weighted by Crippen LogP contribution is 2.34. The van der Waals surface area contributed by atoms with Crippen molar-refractivity contribution in [3.05, 3.63) is 77.0 Å². The molecule has 3 aromatic rings. The Kier molecular flexibility index (Phi) is 4.48. The lowest BCUT2D eigenvalue weighted by Gasteiger charge is -2.21. The van der Waals surface area contributed by atoms with Gasteiger partial charge in [0.05, 0.1) is 17.3 Å². The molecule has 1 aliphatic rings. The van der Waals surface area contributed by atoms with Gasteiger partial charge in [0.2, 0.25) is 5.91 Å². The maximum Gasteiger partial charge on any atom is 0.242 e. The summed E-state index contributed by atoms with van der Waals surface area (Å²) < 4.78 is 0. The normalized spacial score (nSPS) is 16.6. The SMILES string of the molecule is CCC(=O)N1N=C(c2cnc3ccccc3c2C)C[C@H]1c1ccc(C)cc1. The van der Waals surface area contributed by atoms with E-state index in [1.165, 1.54) is 5.56 Å². The maximum absolute atomic E-state index is 12.5. The lowest BCUT2D eigenvalue weighted by atomic mass is 9.95. The van der Waals surface area contributed by atoms with Gasteiger partial charge in [-0.3, -0.25) is 9.78 Å². The van der Waals surface area contributed by atoms with E-state index in [1.807, 2.05) is 31.3 Å². The van der Waals surface area contributed by atoms with Gasteiger partial charge in [0.25, 0.3) is 0 Å². The van der Waals surface area contributed by atoms with Crippen molar-refractivity contribution < 1.29 is 4.79 Å². The standard InChI is InChI=1S/C23H23N3O/c1-4-23(27)26-22(17-11-9-15(2)10-12-17)13-21(25-26)19-14-24-20-8-6-5-7-18(20)16(19)3/h5-12,14,22H,4,13H2,1-3H3/t22-/m0/s1. The highest BCUT2D eigenvalue weighted by Gasteiger charge is 2.33. The molecule has 1 amide bonds. The Balaban J connectivity index is 1.76. The number of rotatable bonds is 3. The zero-order valence-corrected chi connectivity index (χ0v) is 15.9. The first kappa shape index (κ1) is 17.4. The van der Waals surface area contributed by atoms with Gasteiger partial charge in [0, 0.05) is 30.0 Å². The number of nitrogens with zero attached hydrogens (tertiary/aromatic N) is 3. The molecule has 4 rings (SSSR count). The molecule has 2 heterocycles. The molecule has 1 aromatic heterocycles. The molecule has 4 nitrogen and oxygen atoms in total. The number of aryl methyl sites for hydroxylation is 2. The second-order valence-corrected chi connectivity index (χ2v) is 7.08. The quantitative estimate of drug-likeness (QED) is 0.666. The third-order valence-electron chi connectivity index (χ3n) is 5.29. The summed E-state index contributed by atoms with van der Waals surface area (Å²) in [6, 6.07) is 16.4. The average Bonchev–Trinajstić information content (AvgIpc) is 3.13. The number of hydrazone groups is 1. The first-order valence-electron chi connectivity index (χ1n) is 9.39. The number of aromatic nitrogens is 1. The number of carbonyl (C=O) groups excluding carboxylic acids is 1. The van der Waals surface area contributed by atoms with E-state index >= 15 is 0 Å². The van der Waals surface area contributed by atoms with E-state index in [4.69, 9.17) is 5.10 Å². The van der Waals surface area contributed by atoms with Gasteiger partial charge >= 0.3 is 0 Å². The minimum Gasteiger partial charge on any atom is -0.273 e. The van der Waals surface area contributed by atoms with E-state index in [0.717, 1.165) is 33.3 Å². The van der Waals surface area contributed by atoms with Crippen LogP contribution in [0.1, 0.15) is 48.1 Å². The van der Waals surface area contributed by atoms with Crippen molar-refractivity contribution in [3.63, 3.8) is 0 Å². The van der Waals surface area contributed by atoms with Crippen molar-refractivity contribution in [1.82, 2.24) is 9.99 Å². The predicted molar refractivity (Wildman–Crippen MR) is 109 cm³/mol. The Morgan fingerprint density at radius 2 is 1.85 bits per heavy atom. The molecule has 0 spiro atoms. The molecular formula is C23H23N3O. The molecule has 4 heteroatoms. The minimum absolute atomic E-state index is 0.0435. The third-order valence-corrected chi connectivity index (χ3v) is 5.29. The van der Waals surface area contributed by atoms with Crippen LogP contribution in [-0.4, -0.2) is 21.6 Å². The minimum atomic E-state index is -0.0566. The number of hydrogen-bond donors (Lipinski definition) is 0. The second kappa shape index (κ2) is 6.95. The van der Waals surface area contributed by atoms with E-state index < -0.39 is 0 Å². The predicted octanol–water partition coefficient (Wildman–Crippen LogP) is 4.94. The zero-order chi connectivity index (χ0) is 19.0. The highest BCUT2D eigenvalue weighted by molar-refractivity contribution is 6.06. The Labute approximate surface area is 159 Å². The van der Waals surface area contributed by atoms with Crippen LogP contribution in [0.4, 0.5) is 0 Å². The van der Waals surface area contributed by atoms with Gasteiger partial charge < -0.3 is 0 Å². The van der Waals surface area contributed by atoms with E-state index in [0.29, 0.717) is 12.8 Å². The summed E-state index contributed by atoms with van der Waals surface area (Å²) in [4.78, 5) is 17.1. The fraction of sp³-hybridized carbons (Fsp3) is 0.261. The molecule has 0 fully saturated rings. The maximum atomic E-state index is 12.5. The van der Waals surface area contributed by atoms with Crippen molar-refractivity contribution in [1.29, 1.82) is 0 Å². The monoisotopic (exact) mass is 357 g/mol. The molecule has 0 unspecified atom stereocenters. The molecular weight excluding hydrogens is 334 g/mol. The number of para-hydroxylation sites is 1. The van der Waals surface area contributed by atoms with Gasteiger partial charge in [0.1, 0.15) is 0 Å². The lowest BCUT2D eigenvalue weighted by Crippen LogP contribution is -2.26. The molecule has 0 radical (unpaired) electrons. The Hall–Kier alpha value is -3.01. The largest absolute Gasteiger partial charge is 0.273 e. The van der Waals surface area contributed by atoms with Gasteiger partial charge in [-0.2, -0.15) is 5.10 Å². The van der Waals surface area contributed by atoms with Crippen molar-refractivity contribution in [2.24, 2.45) is 5.10 Å². The zero-order valence-electron chi connectivity index (χ0n) is 15.9. The topological polar surface area (TPSA) is 45.6 Å². The number of amides is 1. The molecule has 0 bridgehead atoms. The van der Waals surface area contributed by atoms with Crippen LogP contribution in [0, 0.1) is 13.8 Å². The van der Waals surface area contributed by atoms with Gasteiger partial charge in [-0.25, -0.2) is 5.01 Å². The Morgan fingerprint density at radius 3 is 2.59 bits per heavy atom. The molecule has 0 saturated carbocycles. The van der Waals surface area contributed by atoms with Gasteiger partial charge in [-0.1, -0.05) is 55.0 Å². The Morgan fingerprint density at radius 1 is 1.11 bits per heavy atom. The summed E-state index contributed by atoms with van der Waals surface area (Å²) in [6.07, 6.45) is 3.03. The van der Waals surface area contributed by atoms with Crippen LogP contribution in [0.2, 0.25) is 0 Å². The third kappa shape index (κ3) is 3.12. The first-order chi connectivity index (χ1) is 13.1. The van der Waals surface area contributed by atoms with Crippen LogP contribution >= 0.6 is 0 Å². The van der Waals surface area contributed by atoms with Gasteiger partial charge in [-0.05, 0) is 31.0 Å². The fourth-order valence-electron chi connectivity index (χ4n) is 3.68. The van der Waals surface area contributed by atoms with Crippen molar-refractivity contribution in [2.75, 3.05) is 0 Å². The van der Waals surface area contributed by atoms with E-state index in [2.05, 4.69) is 49.2 Å². The van der Waals surface area contributed by atoms with E-state index in [1.54, 1.807) is 5.01 Å². The molecule has 0 N–H and O–H groups in total. The number of pyridine rings is 1. The molecule has 136 valence electrons. The van der Waals surface area contributed by atoms with Gasteiger partial charge in [0.15, 0.2) is 0 Å². The van der Waals surface area contributed by atoms with E-state index in [9.17, 15) is 4.79 Å². The summed E-state index contributed by atoms with van der Waals surface area (Å²) in [5, 5.41) is 7.53. The summed E-state index contributed by atoms with van der Waals surface area (Å²) in [7, 11) is 0. The molecule has 27 heavy (non-hydrogen) atoms. The first-order valence-corrected chi connectivity index (χ1v) is 9.39. The molecule has 1 atom stereocenters.